The molecule has 0 N–H and O–H groups in total. The molecule has 0 bridgehead atoms. The third-order valence-corrected chi connectivity index (χ3v) is 7.74. The summed E-state index contributed by atoms with van der Waals surface area (Å²) in [7, 11) is 6.11. The summed E-state index contributed by atoms with van der Waals surface area (Å²) in [4.78, 5) is 0. The number of aryl methyl sites for hydroxylation is 3. The Morgan fingerprint density at radius 3 is 0.833 bits per heavy atom. The summed E-state index contributed by atoms with van der Waals surface area (Å²) in [6, 6.07) is 33.2. The molecule has 4 aromatic carbocycles. The number of benzene rings is 4. The lowest BCUT2D eigenvalue weighted by atomic mass is 9.93. The molecule has 0 radical (unpaired) electrons. The SMILES string of the molecule is C[n+]1ccn(-c2ccc(-c3cc(-c4ccc(-n5cc[n+](C)c5)cc4)cc(-c4ccc(-n5cc[n+](C)c5)cc4)c3)cc2)c1. The summed E-state index contributed by atoms with van der Waals surface area (Å²) in [5.41, 5.74) is 10.5. The largest absolute Gasteiger partial charge is 0.248 e. The number of rotatable bonds is 6. The van der Waals surface area contributed by atoms with Crippen LogP contribution in [0.3, 0.4) is 0 Å². The van der Waals surface area contributed by atoms with Crippen LogP contribution in [0.1, 0.15) is 0 Å². The van der Waals surface area contributed by atoms with Gasteiger partial charge in [0, 0.05) is 0 Å². The molecule has 6 heteroatoms. The summed E-state index contributed by atoms with van der Waals surface area (Å²) >= 11 is 0. The lowest BCUT2D eigenvalue weighted by Crippen LogP contribution is -2.23. The van der Waals surface area contributed by atoms with Crippen molar-refractivity contribution in [2.45, 2.75) is 0 Å². The fourth-order valence-corrected chi connectivity index (χ4v) is 5.41. The molecule has 6 nitrogen and oxygen atoms in total. The van der Waals surface area contributed by atoms with E-state index in [4.69, 9.17) is 0 Å². The predicted molar refractivity (Wildman–Crippen MR) is 164 cm³/mol. The molecule has 0 amide bonds. The Hall–Kier alpha value is -5.49. The fraction of sp³-hybridized carbons (Fsp3) is 0.0833. The Kier molecular flexibility index (Phi) is 6.36. The van der Waals surface area contributed by atoms with Crippen molar-refractivity contribution in [3.8, 4) is 50.4 Å². The van der Waals surface area contributed by atoms with E-state index in [-0.39, 0.29) is 0 Å². The van der Waals surface area contributed by atoms with Gasteiger partial charge < -0.3 is 0 Å². The molecule has 0 unspecified atom stereocenters. The third-order valence-electron chi connectivity index (χ3n) is 7.74. The van der Waals surface area contributed by atoms with E-state index < -0.39 is 0 Å². The van der Waals surface area contributed by atoms with E-state index in [0.717, 1.165) is 17.1 Å². The van der Waals surface area contributed by atoms with Gasteiger partial charge in [0.2, 0.25) is 19.0 Å². The van der Waals surface area contributed by atoms with Crippen LogP contribution >= 0.6 is 0 Å². The van der Waals surface area contributed by atoms with Crippen molar-refractivity contribution in [1.82, 2.24) is 13.7 Å². The molecule has 7 aromatic rings. The zero-order valence-electron chi connectivity index (χ0n) is 24.0. The maximum atomic E-state index is 2.30. The first-order valence-corrected chi connectivity index (χ1v) is 14.1. The van der Waals surface area contributed by atoms with Gasteiger partial charge in [-0.1, -0.05) is 36.4 Å². The molecule has 204 valence electrons. The van der Waals surface area contributed by atoms with Crippen LogP contribution in [-0.2, 0) is 21.1 Å². The van der Waals surface area contributed by atoms with Crippen molar-refractivity contribution in [1.29, 1.82) is 0 Å². The topological polar surface area (TPSA) is 26.4 Å². The summed E-state index contributed by atoms with van der Waals surface area (Å²) in [6.07, 6.45) is 18.6. The quantitative estimate of drug-likeness (QED) is 0.244. The molecule has 0 aliphatic heterocycles. The van der Waals surface area contributed by atoms with E-state index in [1.807, 2.05) is 53.4 Å². The van der Waals surface area contributed by atoms with Crippen molar-refractivity contribution in [2.75, 3.05) is 0 Å². The first-order valence-electron chi connectivity index (χ1n) is 14.1. The van der Waals surface area contributed by atoms with E-state index in [2.05, 4.69) is 142 Å². The van der Waals surface area contributed by atoms with Gasteiger partial charge in [-0.05, 0) is 88.0 Å². The molecule has 3 heterocycles. The number of hydrogen-bond acceptors (Lipinski definition) is 0. The minimum absolute atomic E-state index is 1.14. The van der Waals surface area contributed by atoms with Crippen molar-refractivity contribution >= 4 is 0 Å². The lowest BCUT2D eigenvalue weighted by molar-refractivity contribution is -0.670. The Balaban J connectivity index is 1.28. The van der Waals surface area contributed by atoms with Gasteiger partial charge >= 0.3 is 0 Å². The molecule has 0 atom stereocenters. The maximum Gasteiger partial charge on any atom is 0.248 e. The zero-order chi connectivity index (χ0) is 28.6. The number of nitrogens with zero attached hydrogens (tertiary/aromatic N) is 6. The highest BCUT2D eigenvalue weighted by molar-refractivity contribution is 5.81. The van der Waals surface area contributed by atoms with Crippen LogP contribution in [-0.4, -0.2) is 13.7 Å². The van der Waals surface area contributed by atoms with E-state index in [9.17, 15) is 0 Å². The second kappa shape index (κ2) is 10.5. The first-order chi connectivity index (χ1) is 20.5. The fourth-order valence-electron chi connectivity index (χ4n) is 5.41. The number of imidazole rings is 3. The molecular weight excluding hydrogens is 516 g/mol. The predicted octanol–water partition coefficient (Wildman–Crippen LogP) is 5.53. The summed E-state index contributed by atoms with van der Waals surface area (Å²) < 4.78 is 12.5. The molecule has 0 fully saturated rings. The van der Waals surface area contributed by atoms with E-state index in [1.165, 1.54) is 33.4 Å². The van der Waals surface area contributed by atoms with Crippen LogP contribution in [0.15, 0.2) is 147 Å². The molecule has 0 saturated heterocycles. The molecule has 0 spiro atoms. The average Bonchev–Trinajstić information content (AvgIpc) is 3.78. The highest BCUT2D eigenvalue weighted by Crippen LogP contribution is 2.34. The molecule has 42 heavy (non-hydrogen) atoms. The van der Waals surface area contributed by atoms with Crippen LogP contribution in [0.4, 0.5) is 0 Å². The molecular formula is C36H33N6+3. The van der Waals surface area contributed by atoms with E-state index in [0.29, 0.717) is 0 Å². The van der Waals surface area contributed by atoms with Gasteiger partial charge in [-0.25, -0.2) is 27.4 Å². The summed E-state index contributed by atoms with van der Waals surface area (Å²) in [5, 5.41) is 0. The minimum atomic E-state index is 1.14. The second-order valence-electron chi connectivity index (χ2n) is 10.9. The maximum absolute atomic E-state index is 2.30. The van der Waals surface area contributed by atoms with Gasteiger partial charge in [-0.3, -0.25) is 0 Å². The van der Waals surface area contributed by atoms with Crippen LogP contribution < -0.4 is 13.7 Å². The molecule has 3 aromatic heterocycles. The number of aromatic nitrogens is 6. The standard InChI is InChI=1S/C36H33N6/c1-37-16-19-40(25-37)34-10-4-28(5-11-34)31-22-32(29-6-12-35(13-7-29)41-20-17-38(2)26-41)24-33(23-31)30-8-14-36(15-9-30)42-21-18-39(3)27-42/h4-27H,1-3H3/q+3. The van der Waals surface area contributed by atoms with Crippen molar-refractivity contribution in [2.24, 2.45) is 21.1 Å². The average molecular weight is 550 g/mol. The van der Waals surface area contributed by atoms with Gasteiger partial charge in [0.1, 0.15) is 54.2 Å². The van der Waals surface area contributed by atoms with Gasteiger partial charge in [-0.2, -0.15) is 0 Å². The van der Waals surface area contributed by atoms with Crippen LogP contribution in [0, 0.1) is 0 Å². The Morgan fingerprint density at radius 1 is 0.357 bits per heavy atom. The third kappa shape index (κ3) is 5.06. The normalized spacial score (nSPS) is 11.2. The van der Waals surface area contributed by atoms with Crippen LogP contribution in [0.2, 0.25) is 0 Å². The van der Waals surface area contributed by atoms with E-state index in [1.54, 1.807) is 0 Å². The smallest absolute Gasteiger partial charge is 0.239 e. The van der Waals surface area contributed by atoms with Gasteiger partial charge in [-0.15, -0.1) is 0 Å². The van der Waals surface area contributed by atoms with E-state index >= 15 is 0 Å². The molecule has 0 saturated carbocycles. The summed E-state index contributed by atoms with van der Waals surface area (Å²) in [6.45, 7) is 0. The second-order valence-corrected chi connectivity index (χ2v) is 10.9. The van der Waals surface area contributed by atoms with Crippen LogP contribution in [0.5, 0.6) is 0 Å². The van der Waals surface area contributed by atoms with Crippen molar-refractivity contribution in [3.63, 3.8) is 0 Å². The Morgan fingerprint density at radius 2 is 0.619 bits per heavy atom. The molecule has 0 aliphatic rings. The highest BCUT2D eigenvalue weighted by atomic mass is 15.1. The zero-order valence-corrected chi connectivity index (χ0v) is 24.0. The molecule has 0 aliphatic carbocycles. The summed E-state index contributed by atoms with van der Waals surface area (Å²) in [5.74, 6) is 0. The number of hydrogen-bond donors (Lipinski definition) is 0. The Bertz CT molecular complexity index is 1740. The van der Waals surface area contributed by atoms with Gasteiger partial charge in [0.05, 0.1) is 21.1 Å². The minimum Gasteiger partial charge on any atom is -0.239 e. The first kappa shape index (κ1) is 25.5. The van der Waals surface area contributed by atoms with Crippen molar-refractivity contribution < 1.29 is 13.7 Å². The van der Waals surface area contributed by atoms with Gasteiger partial charge in [0.15, 0.2) is 0 Å². The van der Waals surface area contributed by atoms with Crippen LogP contribution in [0.25, 0.3) is 50.4 Å². The highest BCUT2D eigenvalue weighted by Gasteiger charge is 2.12. The van der Waals surface area contributed by atoms with Gasteiger partial charge in [0.25, 0.3) is 0 Å². The molecule has 7 rings (SSSR count). The Labute approximate surface area is 245 Å². The monoisotopic (exact) mass is 549 g/mol. The lowest BCUT2D eigenvalue weighted by Gasteiger charge is -2.12. The van der Waals surface area contributed by atoms with Crippen molar-refractivity contribution in [3.05, 3.63) is 147 Å².